The Morgan fingerprint density at radius 1 is 1.19 bits per heavy atom. The van der Waals surface area contributed by atoms with Gasteiger partial charge in [-0.25, -0.2) is 4.98 Å². The van der Waals surface area contributed by atoms with Crippen molar-refractivity contribution in [2.24, 2.45) is 0 Å². The van der Waals surface area contributed by atoms with E-state index in [2.05, 4.69) is 4.98 Å². The Balaban J connectivity index is 1.61. The van der Waals surface area contributed by atoms with Crippen LogP contribution in [-0.4, -0.2) is 29.4 Å². The molecule has 1 heterocycles. The highest BCUT2D eigenvalue weighted by Gasteiger charge is 2.30. The monoisotopic (exact) mass is 394 g/mol. The van der Waals surface area contributed by atoms with E-state index in [0.29, 0.717) is 0 Å². The van der Waals surface area contributed by atoms with Crippen LogP contribution in [0, 0.1) is 0 Å². The zero-order valence-electron chi connectivity index (χ0n) is 14.7. The fourth-order valence-electron chi connectivity index (χ4n) is 2.44. The van der Waals surface area contributed by atoms with Gasteiger partial charge in [0.05, 0.1) is 21.8 Å². The molecule has 0 aliphatic rings. The van der Waals surface area contributed by atoms with Gasteiger partial charge in [0.25, 0.3) is 5.91 Å². The Morgan fingerprint density at radius 2 is 1.85 bits per heavy atom. The number of para-hydroxylation sites is 1. The lowest BCUT2D eigenvalue weighted by Crippen LogP contribution is -2.33. The van der Waals surface area contributed by atoms with Crippen LogP contribution in [0.4, 0.5) is 13.2 Å². The Kier molecular flexibility index (Phi) is 5.36. The van der Waals surface area contributed by atoms with Crippen molar-refractivity contribution in [3.05, 3.63) is 59.1 Å². The van der Waals surface area contributed by atoms with Crippen LogP contribution in [0.15, 0.2) is 48.5 Å². The van der Waals surface area contributed by atoms with Crippen molar-refractivity contribution in [2.75, 3.05) is 13.7 Å². The van der Waals surface area contributed by atoms with Gasteiger partial charge in [0.1, 0.15) is 10.8 Å². The van der Waals surface area contributed by atoms with E-state index in [0.717, 1.165) is 27.4 Å². The molecule has 2 aromatic carbocycles. The summed E-state index contributed by atoms with van der Waals surface area (Å²) in [5.74, 6) is -0.0842. The number of carbonyl (C=O) groups excluding carboxylic acids is 1. The van der Waals surface area contributed by atoms with E-state index >= 15 is 0 Å². The number of amides is 1. The number of hydrogen-bond acceptors (Lipinski definition) is 4. The number of halogens is 3. The fraction of sp³-hybridized carbons (Fsp3) is 0.263. The summed E-state index contributed by atoms with van der Waals surface area (Å²) in [6.07, 6.45) is -4.40. The third kappa shape index (κ3) is 4.39. The first-order chi connectivity index (χ1) is 12.8. The summed E-state index contributed by atoms with van der Waals surface area (Å²) in [4.78, 5) is 18.4. The number of ether oxygens (including phenoxy) is 1. The molecule has 0 aliphatic heterocycles. The maximum atomic E-state index is 12.6. The van der Waals surface area contributed by atoms with Gasteiger partial charge in [-0.2, -0.15) is 13.2 Å². The van der Waals surface area contributed by atoms with Crippen molar-refractivity contribution in [1.82, 2.24) is 9.88 Å². The van der Waals surface area contributed by atoms with Crippen LogP contribution in [0.2, 0.25) is 0 Å². The maximum Gasteiger partial charge on any atom is 0.416 e. The molecular weight excluding hydrogens is 377 g/mol. The quantitative estimate of drug-likeness (QED) is 0.617. The van der Waals surface area contributed by atoms with Gasteiger partial charge in [0, 0.05) is 7.05 Å². The van der Waals surface area contributed by atoms with Crippen LogP contribution in [-0.2, 0) is 11.0 Å². The van der Waals surface area contributed by atoms with Crippen molar-refractivity contribution in [3.63, 3.8) is 0 Å². The zero-order valence-corrected chi connectivity index (χ0v) is 15.5. The number of carbonyl (C=O) groups is 1. The second-order valence-electron chi connectivity index (χ2n) is 6.01. The summed E-state index contributed by atoms with van der Waals surface area (Å²) >= 11 is 1.52. The van der Waals surface area contributed by atoms with Crippen molar-refractivity contribution in [3.8, 4) is 5.75 Å². The molecule has 27 heavy (non-hydrogen) atoms. The smallest absolute Gasteiger partial charge is 0.416 e. The summed E-state index contributed by atoms with van der Waals surface area (Å²) in [5, 5.41) is 0.807. The van der Waals surface area contributed by atoms with E-state index in [1.165, 1.54) is 28.4 Å². The lowest BCUT2D eigenvalue weighted by atomic mass is 10.2. The number of hydrogen-bond donors (Lipinski definition) is 0. The Hall–Kier alpha value is -2.61. The normalized spacial score (nSPS) is 12.8. The number of nitrogens with zero attached hydrogens (tertiary/aromatic N) is 2. The molecule has 3 rings (SSSR count). The van der Waals surface area contributed by atoms with Crippen LogP contribution in [0.1, 0.15) is 23.5 Å². The van der Waals surface area contributed by atoms with Gasteiger partial charge < -0.3 is 9.64 Å². The first-order valence-electron chi connectivity index (χ1n) is 8.17. The Labute approximate surface area is 158 Å². The summed E-state index contributed by atoms with van der Waals surface area (Å²) in [6.45, 7) is 1.60. The first-order valence-corrected chi connectivity index (χ1v) is 8.98. The fourth-order valence-corrected chi connectivity index (χ4v) is 3.50. The average molecular weight is 394 g/mol. The summed E-state index contributed by atoms with van der Waals surface area (Å²) in [7, 11) is 1.65. The topological polar surface area (TPSA) is 42.4 Å². The van der Waals surface area contributed by atoms with Crippen LogP contribution >= 0.6 is 11.3 Å². The van der Waals surface area contributed by atoms with E-state index in [-0.39, 0.29) is 24.3 Å². The highest BCUT2D eigenvalue weighted by atomic mass is 32.1. The molecule has 1 aromatic heterocycles. The lowest BCUT2D eigenvalue weighted by Gasteiger charge is -2.23. The number of likely N-dealkylation sites (N-methyl/N-ethyl adjacent to an activating group) is 1. The molecule has 0 radical (unpaired) electrons. The summed E-state index contributed by atoms with van der Waals surface area (Å²) in [6, 6.07) is 11.7. The van der Waals surface area contributed by atoms with E-state index in [9.17, 15) is 18.0 Å². The predicted molar refractivity (Wildman–Crippen MR) is 97.7 cm³/mol. The van der Waals surface area contributed by atoms with Gasteiger partial charge in [0.2, 0.25) is 0 Å². The minimum absolute atomic E-state index is 0.206. The van der Waals surface area contributed by atoms with Gasteiger partial charge in [-0.05, 0) is 43.3 Å². The van der Waals surface area contributed by atoms with Gasteiger partial charge in [-0.15, -0.1) is 11.3 Å². The number of alkyl halides is 3. The van der Waals surface area contributed by atoms with Crippen LogP contribution in [0.25, 0.3) is 10.2 Å². The zero-order chi connectivity index (χ0) is 19.6. The van der Waals surface area contributed by atoms with Crippen LogP contribution < -0.4 is 4.74 Å². The minimum atomic E-state index is -4.40. The Morgan fingerprint density at radius 3 is 2.48 bits per heavy atom. The third-order valence-electron chi connectivity index (χ3n) is 4.19. The van der Waals surface area contributed by atoms with Gasteiger partial charge in [-0.1, -0.05) is 12.1 Å². The number of rotatable bonds is 5. The van der Waals surface area contributed by atoms with Crippen molar-refractivity contribution in [1.29, 1.82) is 0 Å². The summed E-state index contributed by atoms with van der Waals surface area (Å²) < 4.78 is 44.0. The predicted octanol–water partition coefficient (Wildman–Crippen LogP) is 4.91. The van der Waals surface area contributed by atoms with Gasteiger partial charge >= 0.3 is 6.18 Å². The molecule has 1 atom stereocenters. The van der Waals surface area contributed by atoms with Gasteiger partial charge in [0.15, 0.2) is 6.61 Å². The van der Waals surface area contributed by atoms with Crippen LogP contribution in [0.5, 0.6) is 5.75 Å². The Bertz CT molecular complexity index is 905. The molecule has 0 bridgehead atoms. The van der Waals surface area contributed by atoms with E-state index in [1.807, 2.05) is 31.2 Å². The SMILES string of the molecule is C[C@@H](c1nc2ccccc2s1)N(C)C(=O)COc1ccc(C(F)(F)F)cc1. The molecular formula is C19H17F3N2O2S. The molecule has 142 valence electrons. The van der Waals surface area contributed by atoms with E-state index in [1.54, 1.807) is 7.05 Å². The molecule has 4 nitrogen and oxygen atoms in total. The summed E-state index contributed by atoms with van der Waals surface area (Å²) in [5.41, 5.74) is 0.119. The molecule has 0 aliphatic carbocycles. The highest BCUT2D eigenvalue weighted by molar-refractivity contribution is 7.18. The van der Waals surface area contributed by atoms with Crippen molar-refractivity contribution in [2.45, 2.75) is 19.1 Å². The molecule has 0 N–H and O–H groups in total. The molecule has 0 unspecified atom stereocenters. The molecule has 3 aromatic rings. The highest BCUT2D eigenvalue weighted by Crippen LogP contribution is 2.31. The lowest BCUT2D eigenvalue weighted by molar-refractivity contribution is -0.138. The number of fused-ring (bicyclic) bond motifs is 1. The van der Waals surface area contributed by atoms with E-state index in [4.69, 9.17) is 4.74 Å². The minimum Gasteiger partial charge on any atom is -0.484 e. The molecule has 0 saturated heterocycles. The molecule has 1 amide bonds. The average Bonchev–Trinajstić information content (AvgIpc) is 3.08. The standard InChI is InChI=1S/C19H17F3N2O2S/c1-12(18-23-15-5-3-4-6-16(15)27-18)24(2)17(25)11-26-14-9-7-13(8-10-14)19(20,21)22/h3-10,12H,11H2,1-2H3/t12-/m0/s1. The largest absolute Gasteiger partial charge is 0.484 e. The number of aromatic nitrogens is 1. The van der Waals surface area contributed by atoms with Crippen LogP contribution in [0.3, 0.4) is 0 Å². The number of thiazole rings is 1. The first kappa shape index (κ1) is 19.2. The third-order valence-corrected chi connectivity index (χ3v) is 5.39. The molecule has 0 fully saturated rings. The van der Waals surface area contributed by atoms with Crippen molar-refractivity contribution < 1.29 is 22.7 Å². The molecule has 8 heteroatoms. The van der Waals surface area contributed by atoms with E-state index < -0.39 is 11.7 Å². The second kappa shape index (κ2) is 7.56. The number of benzene rings is 2. The second-order valence-corrected chi connectivity index (χ2v) is 7.07. The van der Waals surface area contributed by atoms with Crippen molar-refractivity contribution >= 4 is 27.5 Å². The maximum absolute atomic E-state index is 12.6. The molecule has 0 saturated carbocycles. The molecule has 0 spiro atoms. The van der Waals surface area contributed by atoms with Gasteiger partial charge in [-0.3, -0.25) is 4.79 Å².